The Bertz CT molecular complexity index is 704. The quantitative estimate of drug-likeness (QED) is 0.553. The Labute approximate surface area is 145 Å². The lowest BCUT2D eigenvalue weighted by Gasteiger charge is -2.14. The molecule has 6 nitrogen and oxygen atoms in total. The molecule has 2 aromatic rings. The number of anilines is 1. The molecular weight excluding hydrogens is 332 g/mol. The Kier molecular flexibility index (Phi) is 6.26. The molecule has 0 aromatic heterocycles. The molecule has 0 saturated carbocycles. The number of methoxy groups -OCH3 is 1. The van der Waals surface area contributed by atoms with E-state index in [0.29, 0.717) is 29.7 Å². The number of benzene rings is 2. The van der Waals surface area contributed by atoms with Gasteiger partial charge in [0.15, 0.2) is 11.5 Å². The first-order valence-electron chi connectivity index (χ1n) is 7.52. The maximum absolute atomic E-state index is 10.7. The van der Waals surface area contributed by atoms with Gasteiger partial charge in [-0.1, -0.05) is 18.5 Å². The van der Waals surface area contributed by atoms with Crippen molar-refractivity contribution in [1.29, 1.82) is 0 Å². The van der Waals surface area contributed by atoms with E-state index in [-0.39, 0.29) is 5.69 Å². The Morgan fingerprint density at radius 2 is 1.96 bits per heavy atom. The second-order valence-corrected chi connectivity index (χ2v) is 5.52. The van der Waals surface area contributed by atoms with Crippen molar-refractivity contribution in [3.05, 3.63) is 57.1 Å². The van der Waals surface area contributed by atoms with Gasteiger partial charge < -0.3 is 14.8 Å². The number of nitrogens with zero attached hydrogens (tertiary/aromatic N) is 1. The van der Waals surface area contributed by atoms with Crippen molar-refractivity contribution in [3.8, 4) is 11.5 Å². The zero-order chi connectivity index (χ0) is 17.5. The highest BCUT2D eigenvalue weighted by Crippen LogP contribution is 2.36. The molecule has 0 aliphatic carbocycles. The fraction of sp³-hybridized carbons (Fsp3) is 0.294. The first-order valence-corrected chi connectivity index (χ1v) is 7.90. The molecular formula is C17H19ClN2O4. The second-order valence-electron chi connectivity index (χ2n) is 5.12. The number of ether oxygens (including phenoxy) is 2. The summed E-state index contributed by atoms with van der Waals surface area (Å²) < 4.78 is 11.0. The van der Waals surface area contributed by atoms with Crippen molar-refractivity contribution in [2.75, 3.05) is 19.0 Å². The summed E-state index contributed by atoms with van der Waals surface area (Å²) in [5.74, 6) is 1.12. The summed E-state index contributed by atoms with van der Waals surface area (Å²) in [6.45, 7) is 3.08. The largest absolute Gasteiger partial charge is 0.493 e. The number of nitro groups is 1. The van der Waals surface area contributed by atoms with Gasteiger partial charge in [0.05, 0.1) is 23.7 Å². The number of nitrogens with one attached hydrogen (secondary N) is 1. The van der Waals surface area contributed by atoms with E-state index in [1.807, 2.05) is 19.1 Å². The smallest absolute Gasteiger partial charge is 0.269 e. The monoisotopic (exact) mass is 350 g/mol. The molecule has 0 saturated heterocycles. The van der Waals surface area contributed by atoms with Crippen molar-refractivity contribution < 1.29 is 14.4 Å². The first-order chi connectivity index (χ1) is 11.5. The van der Waals surface area contributed by atoms with Crippen molar-refractivity contribution in [3.63, 3.8) is 0 Å². The van der Waals surface area contributed by atoms with Crippen LogP contribution < -0.4 is 14.8 Å². The van der Waals surface area contributed by atoms with Gasteiger partial charge in [-0.25, -0.2) is 0 Å². The second kappa shape index (κ2) is 8.40. The zero-order valence-corrected chi connectivity index (χ0v) is 14.3. The maximum Gasteiger partial charge on any atom is 0.269 e. The van der Waals surface area contributed by atoms with Crippen LogP contribution in [0.4, 0.5) is 11.4 Å². The fourth-order valence-electron chi connectivity index (χ4n) is 2.12. The van der Waals surface area contributed by atoms with Gasteiger partial charge in [-0.2, -0.15) is 0 Å². The highest BCUT2D eigenvalue weighted by Gasteiger charge is 2.12. The van der Waals surface area contributed by atoms with Crippen molar-refractivity contribution >= 4 is 23.0 Å². The molecule has 2 rings (SSSR count). The predicted molar refractivity (Wildman–Crippen MR) is 94.2 cm³/mol. The van der Waals surface area contributed by atoms with E-state index in [0.717, 1.165) is 17.7 Å². The SMILES string of the molecule is CCCOc1c(Cl)cc(CNc2ccc([N+](=O)[O-])cc2)cc1OC. The number of rotatable bonds is 8. The van der Waals surface area contributed by atoms with Crippen molar-refractivity contribution in [2.45, 2.75) is 19.9 Å². The molecule has 0 amide bonds. The normalized spacial score (nSPS) is 10.3. The lowest BCUT2D eigenvalue weighted by molar-refractivity contribution is -0.384. The van der Waals surface area contributed by atoms with Crippen molar-refractivity contribution in [1.82, 2.24) is 0 Å². The van der Waals surface area contributed by atoms with Crippen LogP contribution in [0.2, 0.25) is 5.02 Å². The number of non-ortho nitro benzene ring substituents is 1. The molecule has 128 valence electrons. The van der Waals surface area contributed by atoms with Gasteiger partial charge in [-0.15, -0.1) is 0 Å². The van der Waals surface area contributed by atoms with E-state index < -0.39 is 4.92 Å². The maximum atomic E-state index is 10.7. The minimum Gasteiger partial charge on any atom is -0.493 e. The fourth-order valence-corrected chi connectivity index (χ4v) is 2.41. The molecule has 0 radical (unpaired) electrons. The van der Waals surface area contributed by atoms with Gasteiger partial charge in [0.1, 0.15) is 0 Å². The van der Waals surface area contributed by atoms with E-state index in [1.165, 1.54) is 12.1 Å². The highest BCUT2D eigenvalue weighted by molar-refractivity contribution is 6.32. The topological polar surface area (TPSA) is 73.6 Å². The van der Waals surface area contributed by atoms with Gasteiger partial charge in [-0.3, -0.25) is 10.1 Å². The molecule has 0 bridgehead atoms. The van der Waals surface area contributed by atoms with Crippen LogP contribution in [-0.2, 0) is 6.54 Å². The summed E-state index contributed by atoms with van der Waals surface area (Å²) in [6, 6.07) is 9.91. The Balaban J connectivity index is 2.09. The average molecular weight is 351 g/mol. The third-order valence-electron chi connectivity index (χ3n) is 3.31. The summed E-state index contributed by atoms with van der Waals surface area (Å²) in [5.41, 5.74) is 1.75. The Morgan fingerprint density at radius 3 is 2.54 bits per heavy atom. The van der Waals surface area contributed by atoms with E-state index in [9.17, 15) is 10.1 Å². The van der Waals surface area contributed by atoms with Crippen molar-refractivity contribution in [2.24, 2.45) is 0 Å². The van der Waals surface area contributed by atoms with Gasteiger partial charge in [0.2, 0.25) is 0 Å². The van der Waals surface area contributed by atoms with Gasteiger partial charge in [0, 0.05) is 24.4 Å². The van der Waals surface area contributed by atoms with Crippen LogP contribution in [0.1, 0.15) is 18.9 Å². The summed E-state index contributed by atoms with van der Waals surface area (Å²) in [5, 5.41) is 14.3. The highest BCUT2D eigenvalue weighted by atomic mass is 35.5. The molecule has 24 heavy (non-hydrogen) atoms. The average Bonchev–Trinajstić information content (AvgIpc) is 2.58. The number of halogens is 1. The predicted octanol–water partition coefficient (Wildman–Crippen LogP) is 4.66. The molecule has 2 aromatic carbocycles. The number of nitro benzene ring substituents is 1. The van der Waals surface area contributed by atoms with Crippen LogP contribution >= 0.6 is 11.6 Å². The summed E-state index contributed by atoms with van der Waals surface area (Å²) >= 11 is 6.28. The Morgan fingerprint density at radius 1 is 1.25 bits per heavy atom. The molecule has 0 fully saturated rings. The van der Waals surface area contributed by atoms with Crippen LogP contribution in [0.25, 0.3) is 0 Å². The van der Waals surface area contributed by atoms with E-state index in [2.05, 4.69) is 5.32 Å². The van der Waals surface area contributed by atoms with E-state index in [1.54, 1.807) is 19.2 Å². The summed E-state index contributed by atoms with van der Waals surface area (Å²) in [7, 11) is 1.57. The zero-order valence-electron chi connectivity index (χ0n) is 13.5. The Hall–Kier alpha value is -2.47. The van der Waals surface area contributed by atoms with Crippen LogP contribution in [0.3, 0.4) is 0 Å². The number of hydrogen-bond donors (Lipinski definition) is 1. The number of hydrogen-bond acceptors (Lipinski definition) is 5. The van der Waals surface area contributed by atoms with E-state index >= 15 is 0 Å². The van der Waals surface area contributed by atoms with Gasteiger partial charge in [-0.05, 0) is 36.2 Å². The third-order valence-corrected chi connectivity index (χ3v) is 3.60. The lowest BCUT2D eigenvalue weighted by atomic mass is 10.2. The molecule has 0 heterocycles. The lowest BCUT2D eigenvalue weighted by Crippen LogP contribution is -2.03. The summed E-state index contributed by atoms with van der Waals surface area (Å²) in [6.07, 6.45) is 0.878. The van der Waals surface area contributed by atoms with E-state index in [4.69, 9.17) is 21.1 Å². The molecule has 0 aliphatic heterocycles. The summed E-state index contributed by atoms with van der Waals surface area (Å²) in [4.78, 5) is 10.2. The molecule has 0 atom stereocenters. The third kappa shape index (κ3) is 4.52. The first kappa shape index (κ1) is 17.9. The van der Waals surface area contributed by atoms with Gasteiger partial charge >= 0.3 is 0 Å². The minimum absolute atomic E-state index is 0.0580. The molecule has 0 spiro atoms. The molecule has 0 aliphatic rings. The van der Waals surface area contributed by atoms with Crippen LogP contribution in [0.15, 0.2) is 36.4 Å². The minimum atomic E-state index is -0.427. The molecule has 7 heteroatoms. The molecule has 1 N–H and O–H groups in total. The van der Waals surface area contributed by atoms with Crippen LogP contribution in [0.5, 0.6) is 11.5 Å². The molecule has 0 unspecified atom stereocenters. The standard InChI is InChI=1S/C17H19ClN2O4/c1-3-8-24-17-15(18)9-12(10-16(17)23-2)11-19-13-4-6-14(7-5-13)20(21)22/h4-7,9-10,19H,3,8,11H2,1-2H3. The van der Waals surface area contributed by atoms with Crippen LogP contribution in [-0.4, -0.2) is 18.6 Å². The van der Waals surface area contributed by atoms with Gasteiger partial charge in [0.25, 0.3) is 5.69 Å². The van der Waals surface area contributed by atoms with Crippen LogP contribution in [0, 0.1) is 10.1 Å².